The Bertz CT molecular complexity index is 467. The number of anilines is 1. The highest BCUT2D eigenvalue weighted by molar-refractivity contribution is 5.92. The Kier molecular flexibility index (Phi) is 5.56. The molecule has 0 atom stereocenters. The molecule has 1 N–H and O–H groups in total. The number of piperazine rings is 1. The van der Waals surface area contributed by atoms with Gasteiger partial charge in [-0.3, -0.25) is 9.69 Å². The van der Waals surface area contributed by atoms with Gasteiger partial charge in [-0.15, -0.1) is 0 Å². The third-order valence-electron chi connectivity index (χ3n) is 3.86. The predicted molar refractivity (Wildman–Crippen MR) is 85.6 cm³/mol. The molecule has 0 aromatic carbocycles. The number of nitrogens with one attached hydrogen (secondary N) is 1. The van der Waals surface area contributed by atoms with Gasteiger partial charge >= 0.3 is 0 Å². The zero-order chi connectivity index (χ0) is 15.2. The van der Waals surface area contributed by atoms with Crippen LogP contribution in [-0.2, 0) is 0 Å². The van der Waals surface area contributed by atoms with E-state index in [1.807, 2.05) is 17.0 Å². The number of hydrogen-bond donors (Lipinski definition) is 1. The van der Waals surface area contributed by atoms with Gasteiger partial charge in [0, 0.05) is 38.8 Å². The number of carbonyl (C=O) groups is 1. The van der Waals surface area contributed by atoms with Crippen molar-refractivity contribution < 1.29 is 4.79 Å². The van der Waals surface area contributed by atoms with Crippen molar-refractivity contribution >= 4 is 11.7 Å². The largest absolute Gasteiger partial charge is 0.370 e. The first kappa shape index (κ1) is 15.8. The van der Waals surface area contributed by atoms with Gasteiger partial charge in [-0.25, -0.2) is 4.98 Å². The van der Waals surface area contributed by atoms with E-state index in [-0.39, 0.29) is 5.91 Å². The minimum Gasteiger partial charge on any atom is -0.370 e. The second-order valence-corrected chi connectivity index (χ2v) is 5.76. The van der Waals surface area contributed by atoms with Crippen molar-refractivity contribution in [2.24, 2.45) is 0 Å². The number of amides is 1. The molecule has 0 radical (unpaired) electrons. The van der Waals surface area contributed by atoms with Crippen LogP contribution in [0.15, 0.2) is 18.2 Å². The molecule has 2 rings (SSSR count). The van der Waals surface area contributed by atoms with E-state index < -0.39 is 0 Å². The Labute approximate surface area is 127 Å². The highest BCUT2D eigenvalue weighted by Crippen LogP contribution is 2.11. The average Bonchev–Trinajstić information content (AvgIpc) is 2.52. The molecule has 1 aliphatic heterocycles. The lowest BCUT2D eigenvalue weighted by Crippen LogP contribution is -2.50. The molecule has 1 aromatic heterocycles. The van der Waals surface area contributed by atoms with E-state index in [1.165, 1.54) is 0 Å². The predicted octanol–water partition coefficient (Wildman–Crippen LogP) is 2.07. The quantitative estimate of drug-likeness (QED) is 0.902. The number of nitrogens with zero attached hydrogens (tertiary/aromatic N) is 3. The van der Waals surface area contributed by atoms with E-state index in [4.69, 9.17) is 0 Å². The van der Waals surface area contributed by atoms with Gasteiger partial charge in [-0.2, -0.15) is 0 Å². The minimum absolute atomic E-state index is 0.0403. The van der Waals surface area contributed by atoms with Crippen LogP contribution < -0.4 is 5.32 Å². The summed E-state index contributed by atoms with van der Waals surface area (Å²) in [6.07, 6.45) is 1.04. The van der Waals surface area contributed by atoms with Gasteiger partial charge in [-0.05, 0) is 32.4 Å². The van der Waals surface area contributed by atoms with Gasteiger partial charge in [0.25, 0.3) is 5.91 Å². The Balaban J connectivity index is 1.97. The van der Waals surface area contributed by atoms with E-state index in [0.29, 0.717) is 11.7 Å². The Morgan fingerprint density at radius 2 is 2.00 bits per heavy atom. The first-order chi connectivity index (χ1) is 10.1. The maximum atomic E-state index is 12.5. The standard InChI is InChI=1S/C16H26N4O/c1-4-8-17-15-7-5-6-14(18-15)16(21)20-11-9-19(10-12-20)13(2)3/h5-7,13H,4,8-12H2,1-3H3,(H,17,18). The lowest BCUT2D eigenvalue weighted by Gasteiger charge is -2.36. The molecule has 1 aromatic rings. The zero-order valence-electron chi connectivity index (χ0n) is 13.3. The topological polar surface area (TPSA) is 48.5 Å². The molecule has 1 amide bonds. The molecule has 0 spiro atoms. The first-order valence-electron chi connectivity index (χ1n) is 7.86. The summed E-state index contributed by atoms with van der Waals surface area (Å²) >= 11 is 0. The zero-order valence-corrected chi connectivity index (χ0v) is 13.3. The van der Waals surface area contributed by atoms with Crippen molar-refractivity contribution in [1.82, 2.24) is 14.8 Å². The Morgan fingerprint density at radius 1 is 1.29 bits per heavy atom. The third-order valence-corrected chi connectivity index (χ3v) is 3.86. The van der Waals surface area contributed by atoms with Crippen LogP contribution in [0.4, 0.5) is 5.82 Å². The molecule has 1 fully saturated rings. The summed E-state index contributed by atoms with van der Waals surface area (Å²) in [6, 6.07) is 6.14. The fourth-order valence-corrected chi connectivity index (χ4v) is 2.51. The van der Waals surface area contributed by atoms with Crippen molar-refractivity contribution in [2.75, 3.05) is 38.0 Å². The summed E-state index contributed by atoms with van der Waals surface area (Å²) in [5.41, 5.74) is 0.536. The van der Waals surface area contributed by atoms with E-state index in [2.05, 4.69) is 36.0 Å². The number of aromatic nitrogens is 1. The lowest BCUT2D eigenvalue weighted by atomic mass is 10.2. The average molecular weight is 290 g/mol. The summed E-state index contributed by atoms with van der Waals surface area (Å²) in [6.45, 7) is 10.8. The molecule has 5 nitrogen and oxygen atoms in total. The van der Waals surface area contributed by atoms with Crippen LogP contribution in [0.1, 0.15) is 37.7 Å². The van der Waals surface area contributed by atoms with Gasteiger partial charge in [0.15, 0.2) is 0 Å². The molecule has 0 unspecified atom stereocenters. The monoisotopic (exact) mass is 290 g/mol. The lowest BCUT2D eigenvalue weighted by molar-refractivity contribution is 0.0590. The number of carbonyl (C=O) groups excluding carboxylic acids is 1. The molecular weight excluding hydrogens is 264 g/mol. The van der Waals surface area contributed by atoms with Crippen LogP contribution in [0.2, 0.25) is 0 Å². The van der Waals surface area contributed by atoms with E-state index in [9.17, 15) is 4.79 Å². The van der Waals surface area contributed by atoms with Crippen LogP contribution in [0, 0.1) is 0 Å². The summed E-state index contributed by atoms with van der Waals surface area (Å²) < 4.78 is 0. The first-order valence-corrected chi connectivity index (χ1v) is 7.86. The van der Waals surface area contributed by atoms with Gasteiger partial charge in [-0.1, -0.05) is 13.0 Å². The van der Waals surface area contributed by atoms with Gasteiger partial charge in [0.05, 0.1) is 0 Å². The molecule has 116 valence electrons. The van der Waals surface area contributed by atoms with Crippen LogP contribution >= 0.6 is 0 Å². The Morgan fingerprint density at radius 3 is 2.62 bits per heavy atom. The van der Waals surface area contributed by atoms with E-state index in [1.54, 1.807) is 6.07 Å². The molecule has 0 aliphatic carbocycles. The summed E-state index contributed by atoms with van der Waals surface area (Å²) in [7, 11) is 0. The maximum Gasteiger partial charge on any atom is 0.272 e. The second kappa shape index (κ2) is 7.41. The van der Waals surface area contributed by atoms with E-state index >= 15 is 0 Å². The number of hydrogen-bond acceptors (Lipinski definition) is 4. The van der Waals surface area contributed by atoms with Crippen molar-refractivity contribution in [3.8, 4) is 0 Å². The highest BCUT2D eigenvalue weighted by Gasteiger charge is 2.24. The molecule has 1 saturated heterocycles. The third kappa shape index (κ3) is 4.17. The molecular formula is C16H26N4O. The molecule has 5 heteroatoms. The molecule has 21 heavy (non-hydrogen) atoms. The SMILES string of the molecule is CCCNc1cccc(C(=O)N2CCN(C(C)C)CC2)n1. The molecule has 0 saturated carbocycles. The van der Waals surface area contributed by atoms with Gasteiger partial charge < -0.3 is 10.2 Å². The maximum absolute atomic E-state index is 12.5. The van der Waals surface area contributed by atoms with Crippen LogP contribution in [-0.4, -0.2) is 59.5 Å². The number of rotatable bonds is 5. The second-order valence-electron chi connectivity index (χ2n) is 5.76. The van der Waals surface area contributed by atoms with Gasteiger partial charge in [0.2, 0.25) is 0 Å². The molecule has 1 aliphatic rings. The van der Waals surface area contributed by atoms with Crippen molar-refractivity contribution in [3.63, 3.8) is 0 Å². The number of pyridine rings is 1. The van der Waals surface area contributed by atoms with Crippen molar-refractivity contribution in [3.05, 3.63) is 23.9 Å². The summed E-state index contributed by atoms with van der Waals surface area (Å²) in [5, 5.41) is 3.22. The molecule has 0 bridgehead atoms. The Hall–Kier alpha value is -1.62. The normalized spacial score (nSPS) is 16.3. The van der Waals surface area contributed by atoms with E-state index in [0.717, 1.165) is 45.0 Å². The summed E-state index contributed by atoms with van der Waals surface area (Å²) in [4.78, 5) is 21.2. The van der Waals surface area contributed by atoms with Crippen LogP contribution in [0.5, 0.6) is 0 Å². The van der Waals surface area contributed by atoms with Gasteiger partial charge in [0.1, 0.15) is 11.5 Å². The van der Waals surface area contributed by atoms with Crippen molar-refractivity contribution in [1.29, 1.82) is 0 Å². The van der Waals surface area contributed by atoms with Crippen LogP contribution in [0.25, 0.3) is 0 Å². The highest BCUT2D eigenvalue weighted by atomic mass is 16.2. The summed E-state index contributed by atoms with van der Waals surface area (Å²) in [5.74, 6) is 0.821. The van der Waals surface area contributed by atoms with Crippen molar-refractivity contribution in [2.45, 2.75) is 33.2 Å². The fourth-order valence-electron chi connectivity index (χ4n) is 2.51. The fraction of sp³-hybridized carbons (Fsp3) is 0.625. The minimum atomic E-state index is 0.0403. The molecule has 2 heterocycles. The smallest absolute Gasteiger partial charge is 0.272 e. The van der Waals surface area contributed by atoms with Crippen LogP contribution in [0.3, 0.4) is 0 Å².